The van der Waals surface area contributed by atoms with E-state index in [0.29, 0.717) is 12.3 Å². The molecule has 0 aromatic heterocycles. The number of alkyl halides is 1. The van der Waals surface area contributed by atoms with Gasteiger partial charge in [-0.05, 0) is 17.7 Å². The Morgan fingerprint density at radius 3 is 2.60 bits per heavy atom. The molecule has 108 valence electrons. The highest BCUT2D eigenvalue weighted by Gasteiger charge is 2.35. The van der Waals surface area contributed by atoms with Crippen LogP contribution in [0.1, 0.15) is 24.4 Å². The second-order valence-corrected chi connectivity index (χ2v) is 5.35. The summed E-state index contributed by atoms with van der Waals surface area (Å²) in [7, 11) is 1.56. The minimum atomic E-state index is -0.948. The number of hydrogen-bond donors (Lipinski definition) is 1. The molecule has 6 heteroatoms. The van der Waals surface area contributed by atoms with Crippen LogP contribution in [-0.2, 0) is 9.59 Å². The molecule has 2 atom stereocenters. The first kappa shape index (κ1) is 14.7. The SMILES string of the molecule is COc1ccc(C(CC(=O)O)N2CC(Cl)CC2=O)cc1. The van der Waals surface area contributed by atoms with Gasteiger partial charge in [0.15, 0.2) is 0 Å². The van der Waals surface area contributed by atoms with Crippen LogP contribution in [0.5, 0.6) is 5.75 Å². The lowest BCUT2D eigenvalue weighted by atomic mass is 10.0. The monoisotopic (exact) mass is 297 g/mol. The van der Waals surface area contributed by atoms with Gasteiger partial charge in [-0.1, -0.05) is 12.1 Å². The Morgan fingerprint density at radius 1 is 1.50 bits per heavy atom. The van der Waals surface area contributed by atoms with Crippen LogP contribution >= 0.6 is 11.6 Å². The van der Waals surface area contributed by atoms with Crippen LogP contribution < -0.4 is 4.74 Å². The summed E-state index contributed by atoms with van der Waals surface area (Å²) in [5.74, 6) is -0.366. The summed E-state index contributed by atoms with van der Waals surface area (Å²) in [4.78, 5) is 24.5. The van der Waals surface area contributed by atoms with Crippen molar-refractivity contribution in [1.82, 2.24) is 4.90 Å². The first-order valence-electron chi connectivity index (χ1n) is 6.30. The van der Waals surface area contributed by atoms with E-state index in [-0.39, 0.29) is 24.1 Å². The van der Waals surface area contributed by atoms with Gasteiger partial charge in [-0.15, -0.1) is 11.6 Å². The minimum absolute atomic E-state index is 0.105. The molecule has 1 aromatic carbocycles. The predicted octanol–water partition coefficient (Wildman–Crippen LogP) is 2.05. The van der Waals surface area contributed by atoms with Crippen molar-refractivity contribution < 1.29 is 19.4 Å². The molecule has 1 amide bonds. The molecule has 1 fully saturated rings. The van der Waals surface area contributed by atoms with E-state index >= 15 is 0 Å². The molecule has 1 heterocycles. The number of nitrogens with zero attached hydrogens (tertiary/aromatic N) is 1. The Kier molecular flexibility index (Phi) is 4.49. The highest BCUT2D eigenvalue weighted by atomic mass is 35.5. The van der Waals surface area contributed by atoms with Gasteiger partial charge in [-0.3, -0.25) is 9.59 Å². The van der Waals surface area contributed by atoms with Gasteiger partial charge in [0.05, 0.1) is 24.9 Å². The Bertz CT molecular complexity index is 502. The summed E-state index contributed by atoms with van der Waals surface area (Å²) >= 11 is 5.99. The van der Waals surface area contributed by atoms with Gasteiger partial charge in [0.2, 0.25) is 5.91 Å². The third-order valence-corrected chi connectivity index (χ3v) is 3.65. The second-order valence-electron chi connectivity index (χ2n) is 4.73. The maximum absolute atomic E-state index is 11.9. The van der Waals surface area contributed by atoms with Gasteiger partial charge in [0.1, 0.15) is 5.75 Å². The molecule has 1 aromatic rings. The number of amides is 1. The minimum Gasteiger partial charge on any atom is -0.497 e. The lowest BCUT2D eigenvalue weighted by Gasteiger charge is -2.27. The zero-order valence-corrected chi connectivity index (χ0v) is 11.8. The smallest absolute Gasteiger partial charge is 0.305 e. The summed E-state index contributed by atoms with van der Waals surface area (Å²) in [6.07, 6.45) is 0.121. The molecule has 5 nitrogen and oxygen atoms in total. The Hall–Kier alpha value is -1.75. The highest BCUT2D eigenvalue weighted by Crippen LogP contribution is 2.31. The average Bonchev–Trinajstić information content (AvgIpc) is 2.75. The fraction of sp³-hybridized carbons (Fsp3) is 0.429. The van der Waals surface area contributed by atoms with Crippen LogP contribution in [0.3, 0.4) is 0 Å². The maximum Gasteiger partial charge on any atom is 0.305 e. The number of carbonyl (C=O) groups excluding carboxylic acids is 1. The number of ether oxygens (including phenoxy) is 1. The largest absolute Gasteiger partial charge is 0.497 e. The van der Waals surface area contributed by atoms with E-state index in [4.69, 9.17) is 21.4 Å². The first-order valence-corrected chi connectivity index (χ1v) is 6.74. The lowest BCUT2D eigenvalue weighted by Crippen LogP contribution is -2.32. The molecule has 1 aliphatic rings. The molecule has 20 heavy (non-hydrogen) atoms. The third kappa shape index (κ3) is 3.22. The molecule has 0 saturated carbocycles. The number of carbonyl (C=O) groups is 2. The van der Waals surface area contributed by atoms with Crippen LogP contribution in [0, 0.1) is 0 Å². The highest BCUT2D eigenvalue weighted by molar-refractivity contribution is 6.22. The van der Waals surface area contributed by atoms with Gasteiger partial charge in [-0.25, -0.2) is 0 Å². The number of rotatable bonds is 5. The van der Waals surface area contributed by atoms with E-state index in [0.717, 1.165) is 5.56 Å². The standard InChI is InChI=1S/C14H16ClNO4/c1-20-11-4-2-9(3-5-11)12(7-14(18)19)16-8-10(15)6-13(16)17/h2-5,10,12H,6-8H2,1H3,(H,18,19). The van der Waals surface area contributed by atoms with Crippen molar-refractivity contribution in [1.29, 1.82) is 0 Å². The molecular weight excluding hydrogens is 282 g/mol. The van der Waals surface area contributed by atoms with Crippen molar-refractivity contribution in [2.24, 2.45) is 0 Å². The van der Waals surface area contributed by atoms with E-state index in [1.807, 2.05) is 0 Å². The number of benzene rings is 1. The topological polar surface area (TPSA) is 66.8 Å². The van der Waals surface area contributed by atoms with Gasteiger partial charge < -0.3 is 14.7 Å². The van der Waals surface area contributed by atoms with Gasteiger partial charge in [0, 0.05) is 13.0 Å². The quantitative estimate of drug-likeness (QED) is 0.845. The fourth-order valence-electron chi connectivity index (χ4n) is 2.39. The molecular formula is C14H16ClNO4. The summed E-state index contributed by atoms with van der Waals surface area (Å²) in [5.41, 5.74) is 0.771. The summed E-state index contributed by atoms with van der Waals surface area (Å²) in [5, 5.41) is 8.81. The number of carboxylic acid groups (broad SMARTS) is 1. The molecule has 0 bridgehead atoms. The molecule has 1 saturated heterocycles. The van der Waals surface area contributed by atoms with Crippen molar-refractivity contribution in [2.75, 3.05) is 13.7 Å². The lowest BCUT2D eigenvalue weighted by molar-refractivity contribution is -0.139. The van der Waals surface area contributed by atoms with Crippen LogP contribution in [0.2, 0.25) is 0 Å². The number of aliphatic carboxylic acids is 1. The molecule has 0 spiro atoms. The number of likely N-dealkylation sites (tertiary alicyclic amines) is 1. The van der Waals surface area contributed by atoms with Crippen LogP contribution in [0.4, 0.5) is 0 Å². The van der Waals surface area contributed by atoms with Crippen molar-refractivity contribution in [3.8, 4) is 5.75 Å². The van der Waals surface area contributed by atoms with Crippen LogP contribution in [0.25, 0.3) is 0 Å². The van der Waals surface area contributed by atoms with Gasteiger partial charge in [0.25, 0.3) is 0 Å². The van der Waals surface area contributed by atoms with Crippen molar-refractivity contribution >= 4 is 23.5 Å². The number of carboxylic acids is 1. The normalized spacial score (nSPS) is 20.0. The molecule has 1 aliphatic heterocycles. The van der Waals surface area contributed by atoms with E-state index in [1.54, 1.807) is 36.3 Å². The predicted molar refractivity (Wildman–Crippen MR) is 74.0 cm³/mol. The van der Waals surface area contributed by atoms with Crippen molar-refractivity contribution in [3.05, 3.63) is 29.8 Å². The second kappa shape index (κ2) is 6.13. The Labute approximate surface area is 122 Å². The molecule has 0 aliphatic carbocycles. The number of halogens is 1. The fourth-order valence-corrected chi connectivity index (χ4v) is 2.67. The number of hydrogen-bond acceptors (Lipinski definition) is 3. The zero-order valence-electron chi connectivity index (χ0n) is 11.1. The Balaban J connectivity index is 2.26. The van der Waals surface area contributed by atoms with Crippen molar-refractivity contribution in [3.63, 3.8) is 0 Å². The summed E-state index contributed by atoms with van der Waals surface area (Å²) in [6, 6.07) is 6.57. The van der Waals surface area contributed by atoms with E-state index in [1.165, 1.54) is 0 Å². The van der Waals surface area contributed by atoms with Crippen LogP contribution in [-0.4, -0.2) is 40.9 Å². The van der Waals surface area contributed by atoms with E-state index in [9.17, 15) is 9.59 Å². The summed E-state index contributed by atoms with van der Waals surface area (Å²) < 4.78 is 5.08. The summed E-state index contributed by atoms with van der Waals surface area (Å²) in [6.45, 7) is 0.379. The maximum atomic E-state index is 11.9. The van der Waals surface area contributed by atoms with Crippen molar-refractivity contribution in [2.45, 2.75) is 24.3 Å². The van der Waals surface area contributed by atoms with E-state index < -0.39 is 12.0 Å². The molecule has 2 unspecified atom stereocenters. The molecule has 1 N–H and O–H groups in total. The van der Waals surface area contributed by atoms with Gasteiger partial charge >= 0.3 is 5.97 Å². The van der Waals surface area contributed by atoms with Crippen LogP contribution in [0.15, 0.2) is 24.3 Å². The van der Waals surface area contributed by atoms with Gasteiger partial charge in [-0.2, -0.15) is 0 Å². The zero-order chi connectivity index (χ0) is 14.7. The average molecular weight is 298 g/mol. The Morgan fingerprint density at radius 2 is 2.15 bits per heavy atom. The molecule has 0 radical (unpaired) electrons. The number of methoxy groups -OCH3 is 1. The third-order valence-electron chi connectivity index (χ3n) is 3.36. The first-order chi connectivity index (χ1) is 9.51. The molecule has 2 rings (SSSR count). The van der Waals surface area contributed by atoms with E-state index in [2.05, 4.69) is 0 Å².